The molecule has 21 heavy (non-hydrogen) atoms. The minimum atomic E-state index is -4.06. The van der Waals surface area contributed by atoms with E-state index in [-0.39, 0.29) is 32.7 Å². The van der Waals surface area contributed by atoms with Gasteiger partial charge in [-0.25, -0.2) is 13.6 Å². The maximum absolute atomic E-state index is 12.1. The second-order valence-electron chi connectivity index (χ2n) is 4.81. The highest BCUT2D eigenvalue weighted by Gasteiger charge is 2.30. The Morgan fingerprint density at radius 1 is 1.38 bits per heavy atom. The zero-order valence-electron chi connectivity index (χ0n) is 11.1. The molecule has 9 heteroatoms. The third-order valence-electron chi connectivity index (χ3n) is 3.33. The van der Waals surface area contributed by atoms with Crippen LogP contribution in [0.15, 0.2) is 17.0 Å². The molecule has 1 aromatic carbocycles. The van der Waals surface area contributed by atoms with E-state index in [9.17, 15) is 13.2 Å². The summed E-state index contributed by atoms with van der Waals surface area (Å²) >= 11 is 11.6. The summed E-state index contributed by atoms with van der Waals surface area (Å²) in [6, 6.07) is 2.42. The maximum Gasteiger partial charge on any atom is 0.251 e. The molecule has 1 aliphatic rings. The van der Waals surface area contributed by atoms with Crippen molar-refractivity contribution >= 4 is 39.1 Å². The van der Waals surface area contributed by atoms with E-state index < -0.39 is 15.9 Å². The summed E-state index contributed by atoms with van der Waals surface area (Å²) in [6.07, 6.45) is 1.57. The molecule has 0 radical (unpaired) electrons. The average molecular weight is 353 g/mol. The molecule has 1 aromatic rings. The van der Waals surface area contributed by atoms with Crippen LogP contribution in [0.2, 0.25) is 10.0 Å². The number of carbonyl (C=O) groups is 1. The Morgan fingerprint density at radius 2 is 2.00 bits per heavy atom. The van der Waals surface area contributed by atoms with Gasteiger partial charge in [0.05, 0.1) is 16.1 Å². The standard InChI is InChI=1S/C12H14Cl2N2O4S/c1-20-8-4-7(5-8)16-12(17)6-2-9(13)11(14)10(3-6)21(15,18)19/h2-3,7-8H,4-5H2,1H3,(H,16,17)(H2,15,18,19). The zero-order valence-corrected chi connectivity index (χ0v) is 13.4. The minimum Gasteiger partial charge on any atom is -0.381 e. The van der Waals surface area contributed by atoms with Crippen LogP contribution in [0.1, 0.15) is 23.2 Å². The Bertz CT molecular complexity index is 672. The number of benzene rings is 1. The SMILES string of the molecule is COC1CC(NC(=O)c2cc(Cl)c(Cl)c(S(N)(=O)=O)c2)C1. The summed E-state index contributed by atoms with van der Waals surface area (Å²) in [4.78, 5) is 11.7. The van der Waals surface area contributed by atoms with E-state index in [2.05, 4.69) is 5.32 Å². The van der Waals surface area contributed by atoms with E-state index in [0.29, 0.717) is 12.8 Å². The van der Waals surface area contributed by atoms with Crippen molar-refractivity contribution < 1.29 is 17.9 Å². The lowest BCUT2D eigenvalue weighted by molar-refractivity contribution is 0.0176. The fourth-order valence-electron chi connectivity index (χ4n) is 2.05. The molecule has 0 unspecified atom stereocenters. The first-order chi connectivity index (χ1) is 9.72. The molecule has 6 nitrogen and oxygen atoms in total. The van der Waals surface area contributed by atoms with E-state index >= 15 is 0 Å². The molecule has 0 saturated heterocycles. The van der Waals surface area contributed by atoms with Gasteiger partial charge in [0.25, 0.3) is 5.91 Å². The Morgan fingerprint density at radius 3 is 2.52 bits per heavy atom. The van der Waals surface area contributed by atoms with Crippen LogP contribution in [-0.4, -0.2) is 33.6 Å². The van der Waals surface area contributed by atoms with E-state index in [1.165, 1.54) is 6.07 Å². The van der Waals surface area contributed by atoms with Crippen molar-refractivity contribution in [1.82, 2.24) is 5.32 Å². The number of ether oxygens (including phenoxy) is 1. The molecule has 2 rings (SSSR count). The van der Waals surface area contributed by atoms with Crippen LogP contribution < -0.4 is 10.5 Å². The number of nitrogens with one attached hydrogen (secondary N) is 1. The van der Waals surface area contributed by atoms with Crippen molar-refractivity contribution in [2.24, 2.45) is 5.14 Å². The van der Waals surface area contributed by atoms with E-state index in [0.717, 1.165) is 6.07 Å². The van der Waals surface area contributed by atoms with Gasteiger partial charge in [0, 0.05) is 18.7 Å². The maximum atomic E-state index is 12.1. The molecule has 116 valence electrons. The highest BCUT2D eigenvalue weighted by molar-refractivity contribution is 7.89. The topological polar surface area (TPSA) is 98.5 Å². The van der Waals surface area contributed by atoms with Gasteiger partial charge in [0.15, 0.2) is 0 Å². The summed E-state index contributed by atoms with van der Waals surface area (Å²) < 4.78 is 28.0. The number of halogens is 2. The normalized spacial score (nSPS) is 21.7. The highest BCUT2D eigenvalue weighted by atomic mass is 35.5. The lowest BCUT2D eigenvalue weighted by atomic mass is 9.89. The molecule has 0 heterocycles. The van der Waals surface area contributed by atoms with Gasteiger partial charge in [-0.1, -0.05) is 23.2 Å². The largest absolute Gasteiger partial charge is 0.381 e. The monoisotopic (exact) mass is 352 g/mol. The van der Waals surface area contributed by atoms with Crippen LogP contribution in [0, 0.1) is 0 Å². The average Bonchev–Trinajstić information content (AvgIpc) is 2.34. The van der Waals surface area contributed by atoms with Crippen LogP contribution in [-0.2, 0) is 14.8 Å². The van der Waals surface area contributed by atoms with Crippen molar-refractivity contribution in [1.29, 1.82) is 0 Å². The molecule has 1 amide bonds. The van der Waals surface area contributed by atoms with Gasteiger partial charge in [0.1, 0.15) is 4.90 Å². The zero-order chi connectivity index (χ0) is 15.8. The second kappa shape index (κ2) is 6.10. The summed E-state index contributed by atoms with van der Waals surface area (Å²) in [5.74, 6) is -0.432. The number of hydrogen-bond donors (Lipinski definition) is 2. The molecular formula is C12H14Cl2N2O4S. The second-order valence-corrected chi connectivity index (χ2v) is 7.13. The number of carbonyl (C=O) groups excluding carboxylic acids is 1. The molecule has 0 atom stereocenters. The number of rotatable bonds is 4. The smallest absolute Gasteiger partial charge is 0.251 e. The number of methoxy groups -OCH3 is 1. The fraction of sp³-hybridized carbons (Fsp3) is 0.417. The van der Waals surface area contributed by atoms with Crippen molar-refractivity contribution in [3.8, 4) is 0 Å². The Balaban J connectivity index is 2.20. The molecule has 0 aromatic heterocycles. The molecule has 3 N–H and O–H groups in total. The van der Waals surface area contributed by atoms with Gasteiger partial charge in [-0.05, 0) is 25.0 Å². The molecule has 1 saturated carbocycles. The molecular weight excluding hydrogens is 339 g/mol. The van der Waals surface area contributed by atoms with E-state index in [1.54, 1.807) is 7.11 Å². The van der Waals surface area contributed by atoms with E-state index in [4.69, 9.17) is 33.1 Å². The van der Waals surface area contributed by atoms with Crippen LogP contribution in [0.4, 0.5) is 0 Å². The number of hydrogen-bond acceptors (Lipinski definition) is 4. The van der Waals surface area contributed by atoms with Crippen molar-refractivity contribution in [3.63, 3.8) is 0 Å². The van der Waals surface area contributed by atoms with Gasteiger partial charge in [-0.3, -0.25) is 4.79 Å². The first kappa shape index (κ1) is 16.5. The molecule has 0 bridgehead atoms. The van der Waals surface area contributed by atoms with E-state index in [1.807, 2.05) is 0 Å². The summed E-state index contributed by atoms with van der Waals surface area (Å²) in [6.45, 7) is 0. The predicted octanol–water partition coefficient (Wildman–Crippen LogP) is 1.55. The van der Waals surface area contributed by atoms with Gasteiger partial charge in [-0.15, -0.1) is 0 Å². The lowest BCUT2D eigenvalue weighted by Gasteiger charge is -2.34. The number of sulfonamides is 1. The van der Waals surface area contributed by atoms with Crippen LogP contribution in [0.3, 0.4) is 0 Å². The summed E-state index contributed by atoms with van der Waals surface area (Å²) in [5.41, 5.74) is 0.0919. The van der Waals surface area contributed by atoms with Crippen LogP contribution >= 0.6 is 23.2 Å². The quantitative estimate of drug-likeness (QED) is 0.858. The van der Waals surface area contributed by atoms with Gasteiger partial charge in [0.2, 0.25) is 10.0 Å². The first-order valence-corrected chi connectivity index (χ1v) is 8.38. The van der Waals surface area contributed by atoms with Crippen LogP contribution in [0.25, 0.3) is 0 Å². The Kier molecular flexibility index (Phi) is 4.79. The molecule has 1 aliphatic carbocycles. The number of amides is 1. The summed E-state index contributed by atoms with van der Waals surface area (Å²) in [5, 5.41) is 7.58. The van der Waals surface area contributed by atoms with Crippen molar-refractivity contribution in [3.05, 3.63) is 27.7 Å². The Hall–Kier alpha value is -0.860. The van der Waals surface area contributed by atoms with Gasteiger partial charge < -0.3 is 10.1 Å². The fourth-order valence-corrected chi connectivity index (χ4v) is 3.40. The lowest BCUT2D eigenvalue weighted by Crippen LogP contribution is -2.47. The number of nitrogens with two attached hydrogens (primary N) is 1. The third kappa shape index (κ3) is 3.67. The third-order valence-corrected chi connectivity index (χ3v) is 5.18. The number of primary sulfonamides is 1. The molecule has 0 spiro atoms. The van der Waals surface area contributed by atoms with Crippen molar-refractivity contribution in [2.75, 3.05) is 7.11 Å². The summed E-state index contributed by atoms with van der Waals surface area (Å²) in [7, 11) is -2.45. The minimum absolute atomic E-state index is 0.00478. The molecule has 0 aliphatic heterocycles. The van der Waals surface area contributed by atoms with Crippen LogP contribution in [0.5, 0.6) is 0 Å². The Labute approximate surface area is 132 Å². The predicted molar refractivity (Wildman–Crippen MR) is 79.1 cm³/mol. The van der Waals surface area contributed by atoms with Gasteiger partial charge in [-0.2, -0.15) is 0 Å². The van der Waals surface area contributed by atoms with Gasteiger partial charge >= 0.3 is 0 Å². The highest BCUT2D eigenvalue weighted by Crippen LogP contribution is 2.30. The van der Waals surface area contributed by atoms with Crippen molar-refractivity contribution in [2.45, 2.75) is 29.9 Å². The first-order valence-electron chi connectivity index (χ1n) is 6.08. The molecule has 1 fully saturated rings.